The van der Waals surface area contributed by atoms with Gasteiger partial charge in [-0.2, -0.15) is 5.10 Å². The van der Waals surface area contributed by atoms with Gasteiger partial charge in [0.05, 0.1) is 30.8 Å². The van der Waals surface area contributed by atoms with Crippen molar-refractivity contribution in [2.24, 2.45) is 0 Å². The van der Waals surface area contributed by atoms with Gasteiger partial charge in [0.25, 0.3) is 11.5 Å². The van der Waals surface area contributed by atoms with Crippen molar-refractivity contribution in [1.82, 2.24) is 19.7 Å². The summed E-state index contributed by atoms with van der Waals surface area (Å²) in [6, 6.07) is 15.7. The Bertz CT molecular complexity index is 1600. The topological polar surface area (TPSA) is 80.6 Å². The van der Waals surface area contributed by atoms with Gasteiger partial charge in [0, 0.05) is 36.9 Å². The van der Waals surface area contributed by atoms with Crippen LogP contribution in [0.2, 0.25) is 0 Å². The minimum absolute atomic E-state index is 0.0930. The van der Waals surface area contributed by atoms with Gasteiger partial charge in [-0.3, -0.25) is 9.59 Å². The summed E-state index contributed by atoms with van der Waals surface area (Å²) in [5.41, 5.74) is 3.66. The lowest BCUT2D eigenvalue weighted by molar-refractivity contribution is 0.0724. The molecule has 0 atom stereocenters. The number of hydrogen-bond donors (Lipinski definition) is 0. The second kappa shape index (κ2) is 11.7. The first-order valence-corrected chi connectivity index (χ1v) is 14.7. The third kappa shape index (κ3) is 5.69. The van der Waals surface area contributed by atoms with E-state index in [0.29, 0.717) is 23.4 Å². The average Bonchev–Trinajstić information content (AvgIpc) is 3.87. The molecule has 0 N–H and O–H groups in total. The number of piperidine rings is 1. The quantitative estimate of drug-likeness (QED) is 0.258. The number of rotatable bonds is 9. The molecule has 2 fully saturated rings. The minimum Gasteiger partial charge on any atom is -0.497 e. The second-order valence-corrected chi connectivity index (χ2v) is 11.1. The third-order valence-electron chi connectivity index (χ3n) is 8.14. The first-order valence-electron chi connectivity index (χ1n) is 14.7. The molecular weight excluding hydrogens is 514 g/mol. The van der Waals surface area contributed by atoms with Crippen LogP contribution in [0.5, 0.6) is 5.75 Å². The van der Waals surface area contributed by atoms with E-state index < -0.39 is 0 Å². The number of ether oxygens (including phenoxy) is 1. The molecule has 1 aliphatic carbocycles. The lowest BCUT2D eigenvalue weighted by atomic mass is 10.1. The van der Waals surface area contributed by atoms with Gasteiger partial charge in [0.2, 0.25) is 0 Å². The number of hydrogen-bond acceptors (Lipinski definition) is 6. The molecule has 1 amide bonds. The van der Waals surface area contributed by atoms with E-state index >= 15 is 0 Å². The van der Waals surface area contributed by atoms with Crippen LogP contribution in [0.3, 0.4) is 0 Å². The van der Waals surface area contributed by atoms with Crippen LogP contribution in [0.25, 0.3) is 10.8 Å². The van der Waals surface area contributed by atoms with Crippen LogP contribution in [0.4, 0.5) is 11.5 Å². The van der Waals surface area contributed by atoms with Crippen LogP contribution in [-0.2, 0) is 6.54 Å². The molecular formula is C33H37N5O3. The van der Waals surface area contributed by atoms with E-state index in [1.165, 1.54) is 11.1 Å². The van der Waals surface area contributed by atoms with Gasteiger partial charge in [-0.05, 0) is 92.0 Å². The highest BCUT2D eigenvalue weighted by Crippen LogP contribution is 2.45. The van der Waals surface area contributed by atoms with Crippen molar-refractivity contribution in [1.29, 1.82) is 0 Å². The zero-order chi connectivity index (χ0) is 28.3. The molecule has 3 heterocycles. The third-order valence-corrected chi connectivity index (χ3v) is 8.14. The van der Waals surface area contributed by atoms with Crippen LogP contribution < -0.4 is 15.2 Å². The van der Waals surface area contributed by atoms with Crippen molar-refractivity contribution in [2.75, 3.05) is 31.6 Å². The summed E-state index contributed by atoms with van der Waals surface area (Å²) in [5.74, 6) is 2.21. The molecule has 2 aliphatic rings. The molecule has 8 nitrogen and oxygen atoms in total. The van der Waals surface area contributed by atoms with E-state index in [1.807, 2.05) is 47.4 Å². The fourth-order valence-corrected chi connectivity index (χ4v) is 5.73. The number of amides is 1. The number of carbonyl (C=O) groups excluding carboxylic acids is 1. The number of likely N-dealkylation sites (tertiary alicyclic amines) is 1. The summed E-state index contributed by atoms with van der Waals surface area (Å²) in [4.78, 5) is 35.7. The van der Waals surface area contributed by atoms with E-state index in [2.05, 4.69) is 23.0 Å². The summed E-state index contributed by atoms with van der Waals surface area (Å²) in [5, 5.41) is 5.92. The summed E-state index contributed by atoms with van der Waals surface area (Å²) in [6.07, 6.45) is 10.0. The second-order valence-electron chi connectivity index (χ2n) is 11.1. The van der Waals surface area contributed by atoms with Gasteiger partial charge >= 0.3 is 0 Å². The monoisotopic (exact) mass is 551 g/mol. The van der Waals surface area contributed by atoms with Gasteiger partial charge in [-0.25, -0.2) is 9.67 Å². The molecule has 0 unspecified atom stereocenters. The largest absolute Gasteiger partial charge is 0.497 e. The van der Waals surface area contributed by atoms with Crippen LogP contribution >= 0.6 is 0 Å². The Hall–Kier alpha value is -4.20. The maximum Gasteiger partial charge on any atom is 0.274 e. The highest BCUT2D eigenvalue weighted by atomic mass is 16.5. The van der Waals surface area contributed by atoms with Crippen molar-refractivity contribution in [2.45, 2.75) is 57.9 Å². The maximum absolute atomic E-state index is 13.3. The van der Waals surface area contributed by atoms with Gasteiger partial charge in [-0.1, -0.05) is 19.1 Å². The molecule has 1 aliphatic heterocycles. The molecule has 0 bridgehead atoms. The molecule has 0 radical (unpaired) electrons. The van der Waals surface area contributed by atoms with Crippen LogP contribution in [0.15, 0.2) is 65.7 Å². The smallest absolute Gasteiger partial charge is 0.274 e. The first-order chi connectivity index (χ1) is 20.1. The van der Waals surface area contributed by atoms with Crippen molar-refractivity contribution in [3.05, 3.63) is 88.0 Å². The maximum atomic E-state index is 13.3. The Morgan fingerprint density at radius 2 is 1.80 bits per heavy atom. The van der Waals surface area contributed by atoms with Crippen molar-refractivity contribution in [3.63, 3.8) is 0 Å². The molecule has 6 rings (SSSR count). The highest BCUT2D eigenvalue weighted by Gasteiger charge is 2.31. The Balaban J connectivity index is 1.31. The number of methoxy groups -OCH3 is 1. The van der Waals surface area contributed by atoms with Crippen molar-refractivity contribution < 1.29 is 9.53 Å². The average molecular weight is 552 g/mol. The van der Waals surface area contributed by atoms with E-state index in [1.54, 1.807) is 19.5 Å². The van der Waals surface area contributed by atoms with Gasteiger partial charge < -0.3 is 14.5 Å². The first kappa shape index (κ1) is 27.0. The Kier molecular flexibility index (Phi) is 7.72. The molecule has 212 valence electrons. The molecule has 4 aromatic rings. The van der Waals surface area contributed by atoms with E-state index in [0.717, 1.165) is 85.5 Å². The minimum atomic E-state index is -0.121. The molecule has 2 aromatic heterocycles. The molecule has 0 spiro atoms. The van der Waals surface area contributed by atoms with Crippen LogP contribution in [-0.4, -0.2) is 52.3 Å². The number of carbonyl (C=O) groups is 1. The summed E-state index contributed by atoms with van der Waals surface area (Å²) >= 11 is 0. The normalized spacial score (nSPS) is 15.2. The van der Waals surface area contributed by atoms with Crippen molar-refractivity contribution in [3.8, 4) is 5.75 Å². The summed E-state index contributed by atoms with van der Waals surface area (Å²) in [6.45, 7) is 4.97. The number of nitrogens with zero attached hydrogens (tertiary/aromatic N) is 5. The van der Waals surface area contributed by atoms with Crippen molar-refractivity contribution >= 4 is 28.2 Å². The number of pyridine rings is 1. The van der Waals surface area contributed by atoms with E-state index in [4.69, 9.17) is 9.72 Å². The fourth-order valence-electron chi connectivity index (χ4n) is 5.73. The number of fused-ring (bicyclic) bond motifs is 1. The van der Waals surface area contributed by atoms with Crippen LogP contribution in [0.1, 0.15) is 72.9 Å². The lowest BCUT2D eigenvalue weighted by Crippen LogP contribution is -2.35. The van der Waals surface area contributed by atoms with E-state index in [-0.39, 0.29) is 11.5 Å². The number of benzene rings is 2. The van der Waals surface area contributed by atoms with Crippen LogP contribution in [0, 0.1) is 0 Å². The zero-order valence-corrected chi connectivity index (χ0v) is 23.9. The van der Waals surface area contributed by atoms with Gasteiger partial charge in [0.1, 0.15) is 11.6 Å². The van der Waals surface area contributed by atoms with Gasteiger partial charge in [-0.15, -0.1) is 0 Å². The SMILES string of the molecule is CCCN(c1ccc2c(=O)n(Cc3ccc(OC)cc3)ncc2c1)c1ncc(C(=O)N2CCCCC2)cc1C1CC1. The predicted octanol–water partition coefficient (Wildman–Crippen LogP) is 5.90. The molecule has 1 saturated heterocycles. The number of anilines is 2. The lowest BCUT2D eigenvalue weighted by Gasteiger charge is -2.28. The predicted molar refractivity (Wildman–Crippen MR) is 161 cm³/mol. The Morgan fingerprint density at radius 3 is 2.51 bits per heavy atom. The fraction of sp³-hybridized carbons (Fsp3) is 0.394. The zero-order valence-electron chi connectivity index (χ0n) is 23.9. The molecule has 1 saturated carbocycles. The van der Waals surface area contributed by atoms with Gasteiger partial charge in [0.15, 0.2) is 0 Å². The summed E-state index contributed by atoms with van der Waals surface area (Å²) < 4.78 is 6.73. The molecule has 41 heavy (non-hydrogen) atoms. The summed E-state index contributed by atoms with van der Waals surface area (Å²) in [7, 11) is 1.63. The van der Waals surface area contributed by atoms with E-state index in [9.17, 15) is 9.59 Å². The number of aromatic nitrogens is 3. The Labute approximate surface area is 240 Å². The molecule has 8 heteroatoms. The standard InChI is InChI=1S/C33H37N5O3/c1-3-15-37(31-30(24-9-10-24)19-26(20-34-31)32(39)36-16-5-4-6-17-36)27-11-14-29-25(18-27)21-35-38(33(29)40)22-23-7-12-28(41-2)13-8-23/h7-8,11-14,18-21,24H,3-6,9-10,15-17,22H2,1-2H3. The Morgan fingerprint density at radius 1 is 1.02 bits per heavy atom. The highest BCUT2D eigenvalue weighted by molar-refractivity contribution is 5.95. The molecule has 2 aromatic carbocycles.